The standard InChI is InChI=1S/C32H37BrClN3O4S/c1-42(40,41)37(29-18-16-27(34)17-19-29)20-8-15-31(38)36(23-25-11-7-12-26(33)21-25)30(22-24-9-3-2-4-10-24)32(39)35-28-13-5-6-14-28/h2-4,7,9-12,16-19,21,28,30H,5-6,8,13-15,20,22-23H2,1H3,(H,35,39)/t30-/m1/s1. The number of hydrogen-bond donors (Lipinski definition) is 1. The lowest BCUT2D eigenvalue weighted by molar-refractivity contribution is -0.141. The number of nitrogens with one attached hydrogen (secondary N) is 1. The molecule has 3 aromatic carbocycles. The Morgan fingerprint density at radius 3 is 2.29 bits per heavy atom. The Balaban J connectivity index is 1.58. The maximum absolute atomic E-state index is 14.0. The van der Waals surface area contributed by atoms with Crippen LogP contribution in [-0.4, -0.2) is 50.0 Å². The minimum atomic E-state index is -3.59. The molecule has 7 nitrogen and oxygen atoms in total. The van der Waals surface area contributed by atoms with Gasteiger partial charge in [-0.1, -0.05) is 82.8 Å². The molecule has 1 N–H and O–H groups in total. The van der Waals surface area contributed by atoms with E-state index in [1.165, 1.54) is 4.31 Å². The Morgan fingerprint density at radius 1 is 0.976 bits per heavy atom. The van der Waals surface area contributed by atoms with Crippen molar-refractivity contribution in [3.8, 4) is 0 Å². The van der Waals surface area contributed by atoms with Gasteiger partial charge in [0, 0.05) is 41.5 Å². The van der Waals surface area contributed by atoms with Gasteiger partial charge in [0.15, 0.2) is 0 Å². The van der Waals surface area contributed by atoms with Crippen molar-refractivity contribution in [2.75, 3.05) is 17.1 Å². The Kier molecular flexibility index (Phi) is 11.5. The normalized spacial score (nSPS) is 14.4. The van der Waals surface area contributed by atoms with Crippen molar-refractivity contribution in [3.63, 3.8) is 0 Å². The third-order valence-electron chi connectivity index (χ3n) is 7.48. The zero-order chi connectivity index (χ0) is 30.1. The van der Waals surface area contributed by atoms with Crippen LogP contribution in [0.15, 0.2) is 83.3 Å². The smallest absolute Gasteiger partial charge is 0.243 e. The molecule has 0 aliphatic heterocycles. The third kappa shape index (κ3) is 9.31. The number of sulfonamides is 1. The van der Waals surface area contributed by atoms with Crippen molar-refractivity contribution >= 4 is 55.1 Å². The lowest BCUT2D eigenvalue weighted by atomic mass is 10.0. The molecule has 10 heteroatoms. The number of anilines is 1. The topological polar surface area (TPSA) is 86.8 Å². The molecule has 1 fully saturated rings. The highest BCUT2D eigenvalue weighted by molar-refractivity contribution is 9.10. The van der Waals surface area contributed by atoms with E-state index in [0.29, 0.717) is 17.1 Å². The van der Waals surface area contributed by atoms with Gasteiger partial charge in [-0.3, -0.25) is 13.9 Å². The van der Waals surface area contributed by atoms with Crippen LogP contribution < -0.4 is 9.62 Å². The van der Waals surface area contributed by atoms with Crippen LogP contribution in [0.5, 0.6) is 0 Å². The highest BCUT2D eigenvalue weighted by atomic mass is 79.9. The van der Waals surface area contributed by atoms with Crippen LogP contribution in [0.25, 0.3) is 0 Å². The van der Waals surface area contributed by atoms with Crippen LogP contribution in [0.1, 0.15) is 49.7 Å². The van der Waals surface area contributed by atoms with E-state index in [-0.39, 0.29) is 43.8 Å². The molecule has 0 spiro atoms. The second kappa shape index (κ2) is 15.0. The molecule has 0 heterocycles. The molecule has 4 rings (SSSR count). The molecular weight excluding hydrogens is 638 g/mol. The number of amides is 2. The number of rotatable bonds is 13. The molecule has 0 bridgehead atoms. The number of nitrogens with zero attached hydrogens (tertiary/aromatic N) is 2. The first-order valence-electron chi connectivity index (χ1n) is 14.2. The molecule has 1 atom stereocenters. The molecule has 42 heavy (non-hydrogen) atoms. The maximum Gasteiger partial charge on any atom is 0.243 e. The molecular formula is C32H37BrClN3O4S. The summed E-state index contributed by atoms with van der Waals surface area (Å²) in [5.41, 5.74) is 2.34. The first kappa shape index (κ1) is 32.0. The number of carbonyl (C=O) groups excluding carboxylic acids is 2. The van der Waals surface area contributed by atoms with E-state index < -0.39 is 16.1 Å². The Bertz CT molecular complexity index is 1450. The Labute approximate surface area is 262 Å². The fourth-order valence-electron chi connectivity index (χ4n) is 5.36. The first-order valence-corrected chi connectivity index (χ1v) is 17.2. The lowest BCUT2D eigenvalue weighted by Crippen LogP contribution is -2.52. The summed E-state index contributed by atoms with van der Waals surface area (Å²) in [5, 5.41) is 3.72. The van der Waals surface area contributed by atoms with Crippen molar-refractivity contribution < 1.29 is 18.0 Å². The van der Waals surface area contributed by atoms with Gasteiger partial charge in [-0.15, -0.1) is 0 Å². The molecule has 1 aliphatic carbocycles. The summed E-state index contributed by atoms with van der Waals surface area (Å²) in [6.45, 7) is 0.370. The lowest BCUT2D eigenvalue weighted by Gasteiger charge is -2.33. The van der Waals surface area contributed by atoms with Crippen LogP contribution in [0.2, 0.25) is 5.02 Å². The molecule has 1 saturated carbocycles. The van der Waals surface area contributed by atoms with Crippen LogP contribution in [0.3, 0.4) is 0 Å². The Hall–Kier alpha value is -2.88. The van der Waals surface area contributed by atoms with Crippen LogP contribution in [0.4, 0.5) is 5.69 Å². The van der Waals surface area contributed by atoms with E-state index in [9.17, 15) is 18.0 Å². The summed E-state index contributed by atoms with van der Waals surface area (Å²) >= 11 is 9.52. The second-order valence-electron chi connectivity index (χ2n) is 10.8. The summed E-state index contributed by atoms with van der Waals surface area (Å²) in [4.78, 5) is 29.4. The summed E-state index contributed by atoms with van der Waals surface area (Å²) in [7, 11) is -3.59. The highest BCUT2D eigenvalue weighted by Crippen LogP contribution is 2.23. The molecule has 0 saturated heterocycles. The molecule has 0 aromatic heterocycles. The first-order chi connectivity index (χ1) is 20.1. The minimum Gasteiger partial charge on any atom is -0.352 e. The van der Waals surface area contributed by atoms with E-state index in [4.69, 9.17) is 11.6 Å². The fraction of sp³-hybridized carbons (Fsp3) is 0.375. The average molecular weight is 675 g/mol. The fourth-order valence-corrected chi connectivity index (χ4v) is 6.90. The van der Waals surface area contributed by atoms with Crippen molar-refractivity contribution in [1.82, 2.24) is 10.2 Å². The van der Waals surface area contributed by atoms with E-state index in [1.807, 2.05) is 54.6 Å². The molecule has 1 aliphatic rings. The number of benzene rings is 3. The van der Waals surface area contributed by atoms with Gasteiger partial charge in [-0.25, -0.2) is 8.42 Å². The van der Waals surface area contributed by atoms with Gasteiger partial charge >= 0.3 is 0 Å². The highest BCUT2D eigenvalue weighted by Gasteiger charge is 2.32. The zero-order valence-corrected chi connectivity index (χ0v) is 26.9. The average Bonchev–Trinajstić information content (AvgIpc) is 3.46. The SMILES string of the molecule is CS(=O)(=O)N(CCCC(=O)N(Cc1cccc(Br)c1)[C@H](Cc1ccccc1)C(=O)NC1CCCC1)c1ccc(Cl)cc1. The molecule has 0 radical (unpaired) electrons. The van der Waals surface area contributed by atoms with E-state index in [2.05, 4.69) is 21.2 Å². The van der Waals surface area contributed by atoms with Gasteiger partial charge in [0.2, 0.25) is 21.8 Å². The minimum absolute atomic E-state index is 0.0790. The van der Waals surface area contributed by atoms with Crippen LogP contribution in [-0.2, 0) is 32.6 Å². The summed E-state index contributed by atoms with van der Waals surface area (Å²) in [5.74, 6) is -0.366. The van der Waals surface area contributed by atoms with Crippen molar-refractivity contribution in [2.45, 2.75) is 63.6 Å². The second-order valence-corrected chi connectivity index (χ2v) is 14.0. The molecule has 224 valence electrons. The predicted octanol–water partition coefficient (Wildman–Crippen LogP) is 6.35. The van der Waals surface area contributed by atoms with Crippen LogP contribution >= 0.6 is 27.5 Å². The maximum atomic E-state index is 14.0. The largest absolute Gasteiger partial charge is 0.352 e. The molecule has 2 amide bonds. The third-order valence-corrected chi connectivity index (χ3v) is 9.42. The van der Waals surface area contributed by atoms with Gasteiger partial charge < -0.3 is 10.2 Å². The van der Waals surface area contributed by atoms with Gasteiger partial charge in [-0.05, 0) is 66.8 Å². The van der Waals surface area contributed by atoms with Crippen molar-refractivity contribution in [3.05, 3.63) is 99.5 Å². The van der Waals surface area contributed by atoms with E-state index in [1.54, 1.807) is 29.2 Å². The van der Waals surface area contributed by atoms with Gasteiger partial charge in [0.25, 0.3) is 0 Å². The van der Waals surface area contributed by atoms with Crippen LogP contribution in [0, 0.1) is 0 Å². The zero-order valence-electron chi connectivity index (χ0n) is 23.7. The van der Waals surface area contributed by atoms with Crippen molar-refractivity contribution in [1.29, 1.82) is 0 Å². The monoisotopic (exact) mass is 673 g/mol. The molecule has 0 unspecified atom stereocenters. The van der Waals surface area contributed by atoms with E-state index in [0.717, 1.165) is 47.5 Å². The van der Waals surface area contributed by atoms with Gasteiger partial charge in [0.05, 0.1) is 11.9 Å². The van der Waals surface area contributed by atoms with Gasteiger partial charge in [-0.2, -0.15) is 0 Å². The van der Waals surface area contributed by atoms with Gasteiger partial charge in [0.1, 0.15) is 6.04 Å². The predicted molar refractivity (Wildman–Crippen MR) is 172 cm³/mol. The van der Waals surface area contributed by atoms with Crippen molar-refractivity contribution in [2.24, 2.45) is 0 Å². The summed E-state index contributed by atoms with van der Waals surface area (Å²) < 4.78 is 27.4. The summed E-state index contributed by atoms with van der Waals surface area (Å²) in [6, 6.07) is 23.4. The summed E-state index contributed by atoms with van der Waals surface area (Å²) in [6.07, 6.45) is 5.93. The number of hydrogen-bond acceptors (Lipinski definition) is 4. The van der Waals surface area contributed by atoms with E-state index >= 15 is 0 Å². The number of halogens is 2. The molecule has 3 aromatic rings. The quantitative estimate of drug-likeness (QED) is 0.229. The Morgan fingerprint density at radius 2 is 1.64 bits per heavy atom. The number of carbonyl (C=O) groups is 2.